The topological polar surface area (TPSA) is 14.1 Å². The molecular formula is C9H20N. The molecule has 0 aromatic rings. The summed E-state index contributed by atoms with van der Waals surface area (Å²) in [6.45, 7) is 6.57. The summed E-state index contributed by atoms with van der Waals surface area (Å²) >= 11 is 0. The minimum atomic E-state index is 1.06. The summed E-state index contributed by atoms with van der Waals surface area (Å²) < 4.78 is 0. The third-order valence-corrected chi connectivity index (χ3v) is 1.55. The van der Waals surface area contributed by atoms with Crippen molar-refractivity contribution in [3.63, 3.8) is 0 Å². The molecule has 0 aromatic carbocycles. The average molecular weight is 142 g/mol. The van der Waals surface area contributed by atoms with Gasteiger partial charge in [0.1, 0.15) is 0 Å². The standard InChI is InChI=1S/C9H20N/c1-3-5-6-7-9-10-8-4-2/h3-9H2,1-2H3. The van der Waals surface area contributed by atoms with Crippen LogP contribution in [-0.4, -0.2) is 13.1 Å². The maximum Gasteiger partial charge on any atom is 0.0133 e. The molecule has 0 aliphatic heterocycles. The molecule has 0 fully saturated rings. The van der Waals surface area contributed by atoms with Gasteiger partial charge in [0.25, 0.3) is 0 Å². The van der Waals surface area contributed by atoms with Gasteiger partial charge in [0.15, 0.2) is 0 Å². The van der Waals surface area contributed by atoms with Crippen molar-refractivity contribution in [2.24, 2.45) is 0 Å². The van der Waals surface area contributed by atoms with Gasteiger partial charge in [-0.05, 0) is 12.8 Å². The van der Waals surface area contributed by atoms with Crippen LogP contribution in [0.4, 0.5) is 0 Å². The Labute approximate surface area is 65.2 Å². The van der Waals surface area contributed by atoms with Crippen LogP contribution in [-0.2, 0) is 0 Å². The number of hydrogen-bond donors (Lipinski definition) is 0. The normalized spacial score (nSPS) is 10.2. The van der Waals surface area contributed by atoms with E-state index in [2.05, 4.69) is 19.2 Å². The van der Waals surface area contributed by atoms with Crippen molar-refractivity contribution in [1.82, 2.24) is 5.32 Å². The molecule has 0 N–H and O–H groups in total. The Morgan fingerprint density at radius 1 is 0.800 bits per heavy atom. The lowest BCUT2D eigenvalue weighted by Crippen LogP contribution is -2.06. The first kappa shape index (κ1) is 9.96. The van der Waals surface area contributed by atoms with Crippen LogP contribution >= 0.6 is 0 Å². The molecule has 0 aliphatic carbocycles. The van der Waals surface area contributed by atoms with Gasteiger partial charge >= 0.3 is 0 Å². The van der Waals surface area contributed by atoms with Crippen molar-refractivity contribution in [1.29, 1.82) is 0 Å². The van der Waals surface area contributed by atoms with Crippen LogP contribution in [0.2, 0.25) is 0 Å². The Balaban J connectivity index is 2.65. The van der Waals surface area contributed by atoms with Gasteiger partial charge < -0.3 is 0 Å². The van der Waals surface area contributed by atoms with Crippen molar-refractivity contribution < 1.29 is 0 Å². The van der Waals surface area contributed by atoms with Crippen molar-refractivity contribution in [2.75, 3.05) is 13.1 Å². The first-order valence-electron chi connectivity index (χ1n) is 4.55. The van der Waals surface area contributed by atoms with Crippen LogP contribution in [0.15, 0.2) is 0 Å². The average Bonchev–Trinajstić information content (AvgIpc) is 1.97. The van der Waals surface area contributed by atoms with Gasteiger partial charge in [-0.2, -0.15) is 0 Å². The minimum absolute atomic E-state index is 1.06. The van der Waals surface area contributed by atoms with E-state index >= 15 is 0 Å². The quantitative estimate of drug-likeness (QED) is 0.485. The molecule has 0 saturated heterocycles. The first-order valence-corrected chi connectivity index (χ1v) is 4.55. The zero-order chi connectivity index (χ0) is 7.66. The van der Waals surface area contributed by atoms with E-state index in [0.717, 1.165) is 13.1 Å². The molecule has 0 saturated carbocycles. The zero-order valence-corrected chi connectivity index (χ0v) is 7.40. The van der Waals surface area contributed by atoms with Crippen molar-refractivity contribution in [2.45, 2.75) is 46.0 Å². The van der Waals surface area contributed by atoms with Crippen molar-refractivity contribution in [3.8, 4) is 0 Å². The van der Waals surface area contributed by atoms with E-state index in [4.69, 9.17) is 0 Å². The van der Waals surface area contributed by atoms with Gasteiger partial charge in [-0.3, -0.25) is 0 Å². The Kier molecular flexibility index (Phi) is 8.92. The van der Waals surface area contributed by atoms with Gasteiger partial charge in [-0.1, -0.05) is 33.1 Å². The molecule has 10 heavy (non-hydrogen) atoms. The summed E-state index contributed by atoms with van der Waals surface area (Å²) in [7, 11) is 0. The SMILES string of the molecule is CCCCCC[N]CCC. The number of hydrogen-bond acceptors (Lipinski definition) is 0. The largest absolute Gasteiger partial charge is 0.242 e. The predicted molar refractivity (Wildman–Crippen MR) is 46.3 cm³/mol. The first-order chi connectivity index (χ1) is 4.91. The van der Waals surface area contributed by atoms with Crippen molar-refractivity contribution in [3.05, 3.63) is 0 Å². The highest BCUT2D eigenvalue weighted by molar-refractivity contribution is 4.45. The fraction of sp³-hybridized carbons (Fsp3) is 1.00. The Morgan fingerprint density at radius 3 is 2.20 bits per heavy atom. The highest BCUT2D eigenvalue weighted by Crippen LogP contribution is 1.97. The lowest BCUT2D eigenvalue weighted by Gasteiger charge is -1.98. The van der Waals surface area contributed by atoms with E-state index in [0.29, 0.717) is 0 Å². The van der Waals surface area contributed by atoms with Crippen LogP contribution < -0.4 is 5.32 Å². The Morgan fingerprint density at radius 2 is 1.60 bits per heavy atom. The summed E-state index contributed by atoms with van der Waals surface area (Å²) in [4.78, 5) is 0. The third-order valence-electron chi connectivity index (χ3n) is 1.55. The van der Waals surface area contributed by atoms with E-state index in [1.807, 2.05) is 0 Å². The second-order valence-corrected chi connectivity index (χ2v) is 2.73. The summed E-state index contributed by atoms with van der Waals surface area (Å²) in [5.74, 6) is 0. The lowest BCUT2D eigenvalue weighted by molar-refractivity contribution is 0.586. The second-order valence-electron chi connectivity index (χ2n) is 2.73. The molecule has 61 valence electrons. The van der Waals surface area contributed by atoms with Crippen LogP contribution in [0.25, 0.3) is 0 Å². The molecule has 1 heteroatoms. The highest BCUT2D eigenvalue weighted by atomic mass is 14.8. The van der Waals surface area contributed by atoms with Gasteiger partial charge in [0, 0.05) is 13.1 Å². The van der Waals surface area contributed by atoms with E-state index in [1.54, 1.807) is 0 Å². The van der Waals surface area contributed by atoms with E-state index in [9.17, 15) is 0 Å². The summed E-state index contributed by atoms with van der Waals surface area (Å²) in [5.41, 5.74) is 0. The molecule has 1 nitrogen and oxygen atoms in total. The third kappa shape index (κ3) is 7.96. The Bertz CT molecular complexity index is 44.7. The fourth-order valence-corrected chi connectivity index (χ4v) is 0.920. The lowest BCUT2D eigenvalue weighted by atomic mass is 10.2. The predicted octanol–water partition coefficient (Wildman–Crippen LogP) is 2.58. The smallest absolute Gasteiger partial charge is 0.0133 e. The van der Waals surface area contributed by atoms with Crippen molar-refractivity contribution >= 4 is 0 Å². The minimum Gasteiger partial charge on any atom is -0.242 e. The Hall–Kier alpha value is -0.0400. The van der Waals surface area contributed by atoms with E-state index < -0.39 is 0 Å². The maximum absolute atomic E-state index is 4.36. The van der Waals surface area contributed by atoms with E-state index in [-0.39, 0.29) is 0 Å². The molecule has 1 radical (unpaired) electrons. The summed E-state index contributed by atoms with van der Waals surface area (Å²) in [5, 5.41) is 4.36. The molecular weight excluding hydrogens is 122 g/mol. The maximum atomic E-state index is 4.36. The van der Waals surface area contributed by atoms with Crippen LogP contribution in [0.3, 0.4) is 0 Å². The van der Waals surface area contributed by atoms with Gasteiger partial charge in [-0.15, -0.1) is 0 Å². The highest BCUT2D eigenvalue weighted by Gasteiger charge is 1.87. The molecule has 0 aliphatic rings. The number of nitrogens with zero attached hydrogens (tertiary/aromatic N) is 1. The summed E-state index contributed by atoms with van der Waals surface area (Å²) in [6.07, 6.45) is 6.57. The monoisotopic (exact) mass is 142 g/mol. The molecule has 0 rings (SSSR count). The fourth-order valence-electron chi connectivity index (χ4n) is 0.920. The van der Waals surface area contributed by atoms with Gasteiger partial charge in [0.2, 0.25) is 0 Å². The molecule has 0 atom stereocenters. The molecule has 0 aromatic heterocycles. The second kappa shape index (κ2) is 8.96. The van der Waals surface area contributed by atoms with Gasteiger partial charge in [-0.25, -0.2) is 5.32 Å². The van der Waals surface area contributed by atoms with Crippen LogP contribution in [0, 0.1) is 0 Å². The molecule has 0 unspecified atom stereocenters. The van der Waals surface area contributed by atoms with Gasteiger partial charge in [0.05, 0.1) is 0 Å². The summed E-state index contributed by atoms with van der Waals surface area (Å²) in [6, 6.07) is 0. The van der Waals surface area contributed by atoms with E-state index in [1.165, 1.54) is 32.1 Å². The van der Waals surface area contributed by atoms with Crippen LogP contribution in [0.1, 0.15) is 46.0 Å². The number of rotatable bonds is 7. The molecule has 0 spiro atoms. The zero-order valence-electron chi connectivity index (χ0n) is 7.40. The molecule has 0 bridgehead atoms. The molecule has 0 amide bonds. The van der Waals surface area contributed by atoms with Crippen LogP contribution in [0.5, 0.6) is 0 Å². The number of unbranched alkanes of at least 4 members (excludes halogenated alkanes) is 3. The molecule has 0 heterocycles.